The van der Waals surface area contributed by atoms with E-state index < -0.39 is 0 Å². The van der Waals surface area contributed by atoms with E-state index in [1.807, 2.05) is 22.9 Å². The van der Waals surface area contributed by atoms with E-state index >= 15 is 0 Å². The summed E-state index contributed by atoms with van der Waals surface area (Å²) in [5.74, 6) is 2.18. The molecule has 0 bridgehead atoms. The molecule has 0 aliphatic heterocycles. The van der Waals surface area contributed by atoms with Crippen molar-refractivity contribution in [3.63, 3.8) is 0 Å². The SMILES string of the molecule is COc1ccc(-c2nnnn2C2CCCC(C)C2)cc1N. The molecular weight excluding hydrogens is 266 g/mol. The van der Waals surface area contributed by atoms with Crippen molar-refractivity contribution in [2.24, 2.45) is 5.92 Å². The number of rotatable bonds is 3. The monoisotopic (exact) mass is 287 g/mol. The zero-order valence-electron chi connectivity index (χ0n) is 12.5. The van der Waals surface area contributed by atoms with Crippen LogP contribution in [-0.4, -0.2) is 27.3 Å². The van der Waals surface area contributed by atoms with Crippen molar-refractivity contribution in [1.82, 2.24) is 20.2 Å². The summed E-state index contributed by atoms with van der Waals surface area (Å²) in [6, 6.07) is 6.05. The summed E-state index contributed by atoms with van der Waals surface area (Å²) >= 11 is 0. The highest BCUT2D eigenvalue weighted by molar-refractivity contribution is 5.66. The van der Waals surface area contributed by atoms with Gasteiger partial charge in [-0.3, -0.25) is 0 Å². The molecule has 0 spiro atoms. The topological polar surface area (TPSA) is 78.9 Å². The predicted molar refractivity (Wildman–Crippen MR) is 80.9 cm³/mol. The van der Waals surface area contributed by atoms with Gasteiger partial charge in [-0.1, -0.05) is 19.8 Å². The van der Waals surface area contributed by atoms with Gasteiger partial charge >= 0.3 is 0 Å². The van der Waals surface area contributed by atoms with Crippen LogP contribution in [0.3, 0.4) is 0 Å². The van der Waals surface area contributed by atoms with E-state index in [1.54, 1.807) is 7.11 Å². The van der Waals surface area contributed by atoms with Crippen LogP contribution in [0.15, 0.2) is 18.2 Å². The Hall–Kier alpha value is -2.11. The van der Waals surface area contributed by atoms with Crippen molar-refractivity contribution in [2.75, 3.05) is 12.8 Å². The third-order valence-corrected chi connectivity index (χ3v) is 4.24. The molecule has 1 aromatic carbocycles. The fraction of sp³-hybridized carbons (Fsp3) is 0.533. The number of anilines is 1. The van der Waals surface area contributed by atoms with E-state index in [0.717, 1.165) is 30.1 Å². The molecule has 6 heteroatoms. The Labute approximate surface area is 124 Å². The smallest absolute Gasteiger partial charge is 0.182 e. The average molecular weight is 287 g/mol. The van der Waals surface area contributed by atoms with Crippen molar-refractivity contribution in [3.8, 4) is 17.1 Å². The van der Waals surface area contributed by atoms with Crippen molar-refractivity contribution >= 4 is 5.69 Å². The minimum Gasteiger partial charge on any atom is -0.495 e. The van der Waals surface area contributed by atoms with E-state index in [2.05, 4.69) is 22.4 Å². The lowest BCUT2D eigenvalue weighted by molar-refractivity contribution is 0.265. The van der Waals surface area contributed by atoms with Gasteiger partial charge in [0, 0.05) is 5.56 Å². The number of ether oxygens (including phenoxy) is 1. The second-order valence-corrected chi connectivity index (χ2v) is 5.83. The van der Waals surface area contributed by atoms with Gasteiger partial charge in [0.2, 0.25) is 0 Å². The number of nitrogen functional groups attached to an aromatic ring is 1. The summed E-state index contributed by atoms with van der Waals surface area (Å²) in [5.41, 5.74) is 7.51. The molecule has 1 aliphatic carbocycles. The van der Waals surface area contributed by atoms with Gasteiger partial charge in [-0.05, 0) is 47.4 Å². The molecule has 2 unspecified atom stereocenters. The Morgan fingerprint density at radius 1 is 1.33 bits per heavy atom. The van der Waals surface area contributed by atoms with E-state index in [9.17, 15) is 0 Å². The molecule has 1 heterocycles. The number of hydrogen-bond acceptors (Lipinski definition) is 5. The second-order valence-electron chi connectivity index (χ2n) is 5.83. The van der Waals surface area contributed by atoms with Crippen LogP contribution >= 0.6 is 0 Å². The van der Waals surface area contributed by atoms with Crippen molar-refractivity contribution in [2.45, 2.75) is 38.6 Å². The zero-order chi connectivity index (χ0) is 14.8. The molecule has 1 fully saturated rings. The third kappa shape index (κ3) is 2.70. The molecule has 2 aromatic rings. The maximum atomic E-state index is 5.99. The van der Waals surface area contributed by atoms with Crippen LogP contribution < -0.4 is 10.5 Å². The zero-order valence-corrected chi connectivity index (χ0v) is 12.5. The first kappa shape index (κ1) is 13.9. The molecule has 2 N–H and O–H groups in total. The first-order valence-electron chi connectivity index (χ1n) is 7.40. The average Bonchev–Trinajstić information content (AvgIpc) is 2.96. The van der Waals surface area contributed by atoms with Gasteiger partial charge in [0.15, 0.2) is 5.82 Å². The van der Waals surface area contributed by atoms with Crippen LogP contribution in [0, 0.1) is 5.92 Å². The van der Waals surface area contributed by atoms with E-state index in [0.29, 0.717) is 17.5 Å². The van der Waals surface area contributed by atoms with Crippen molar-refractivity contribution in [1.29, 1.82) is 0 Å². The lowest BCUT2D eigenvalue weighted by Crippen LogP contribution is -2.19. The quantitative estimate of drug-likeness (QED) is 0.878. The highest BCUT2D eigenvalue weighted by atomic mass is 16.5. The largest absolute Gasteiger partial charge is 0.495 e. The first-order chi connectivity index (χ1) is 10.2. The number of hydrogen-bond donors (Lipinski definition) is 1. The summed E-state index contributed by atoms with van der Waals surface area (Å²) in [5, 5.41) is 12.3. The lowest BCUT2D eigenvalue weighted by Gasteiger charge is -2.27. The Kier molecular flexibility index (Phi) is 3.77. The predicted octanol–water partition coefficient (Wildman–Crippen LogP) is 2.68. The highest BCUT2D eigenvalue weighted by Gasteiger charge is 2.24. The minimum atomic E-state index is 0.377. The Morgan fingerprint density at radius 2 is 2.19 bits per heavy atom. The van der Waals surface area contributed by atoms with Gasteiger partial charge in [-0.25, -0.2) is 4.68 Å². The van der Waals surface area contributed by atoms with Crippen LogP contribution in [0.5, 0.6) is 5.75 Å². The molecule has 3 rings (SSSR count). The Balaban J connectivity index is 1.93. The Bertz CT molecular complexity index is 624. The Morgan fingerprint density at radius 3 is 2.90 bits per heavy atom. The van der Waals surface area contributed by atoms with E-state index in [-0.39, 0.29) is 0 Å². The van der Waals surface area contributed by atoms with Crippen LogP contribution in [0.1, 0.15) is 38.6 Å². The molecule has 6 nitrogen and oxygen atoms in total. The minimum absolute atomic E-state index is 0.377. The van der Waals surface area contributed by atoms with Gasteiger partial charge < -0.3 is 10.5 Å². The lowest BCUT2D eigenvalue weighted by atomic mass is 9.87. The number of aromatic nitrogens is 4. The molecule has 0 amide bonds. The summed E-state index contributed by atoms with van der Waals surface area (Å²) in [6.45, 7) is 2.29. The van der Waals surface area contributed by atoms with Gasteiger partial charge in [0.25, 0.3) is 0 Å². The number of nitrogens with zero attached hydrogens (tertiary/aromatic N) is 4. The van der Waals surface area contributed by atoms with Crippen LogP contribution in [0.4, 0.5) is 5.69 Å². The summed E-state index contributed by atoms with van der Waals surface area (Å²) in [7, 11) is 1.61. The molecular formula is C15H21N5O. The molecule has 1 saturated carbocycles. The van der Waals surface area contributed by atoms with Gasteiger partial charge in [-0.15, -0.1) is 5.10 Å². The van der Waals surface area contributed by atoms with Crippen molar-refractivity contribution < 1.29 is 4.74 Å². The second kappa shape index (κ2) is 5.71. The number of nitrogens with two attached hydrogens (primary N) is 1. The van der Waals surface area contributed by atoms with Gasteiger partial charge in [0.1, 0.15) is 5.75 Å². The van der Waals surface area contributed by atoms with Crippen molar-refractivity contribution in [3.05, 3.63) is 18.2 Å². The summed E-state index contributed by atoms with van der Waals surface area (Å²) in [4.78, 5) is 0. The molecule has 0 radical (unpaired) electrons. The molecule has 112 valence electrons. The maximum absolute atomic E-state index is 5.99. The first-order valence-corrected chi connectivity index (χ1v) is 7.40. The maximum Gasteiger partial charge on any atom is 0.182 e. The fourth-order valence-electron chi connectivity index (χ4n) is 3.13. The van der Waals surface area contributed by atoms with E-state index in [4.69, 9.17) is 10.5 Å². The number of methoxy groups -OCH3 is 1. The number of tetrazole rings is 1. The highest BCUT2D eigenvalue weighted by Crippen LogP contribution is 2.34. The van der Waals surface area contributed by atoms with Crippen LogP contribution in [-0.2, 0) is 0 Å². The van der Waals surface area contributed by atoms with Crippen LogP contribution in [0.2, 0.25) is 0 Å². The molecule has 0 saturated heterocycles. The molecule has 2 atom stereocenters. The standard InChI is InChI=1S/C15H21N5O/c1-10-4-3-5-12(8-10)20-15(17-18-19-20)11-6-7-14(21-2)13(16)9-11/h6-7,9-10,12H,3-5,8,16H2,1-2H3. The molecule has 1 aromatic heterocycles. The van der Waals surface area contributed by atoms with Gasteiger partial charge in [-0.2, -0.15) is 0 Å². The molecule has 21 heavy (non-hydrogen) atoms. The normalized spacial score (nSPS) is 22.2. The third-order valence-electron chi connectivity index (χ3n) is 4.24. The van der Waals surface area contributed by atoms with Crippen LogP contribution in [0.25, 0.3) is 11.4 Å². The summed E-state index contributed by atoms with van der Waals surface area (Å²) in [6.07, 6.45) is 4.79. The van der Waals surface area contributed by atoms with E-state index in [1.165, 1.54) is 12.8 Å². The number of benzene rings is 1. The van der Waals surface area contributed by atoms with Gasteiger partial charge in [0.05, 0.1) is 18.8 Å². The summed E-state index contributed by atoms with van der Waals surface area (Å²) < 4.78 is 7.15. The molecule has 1 aliphatic rings. The fourth-order valence-corrected chi connectivity index (χ4v) is 3.13.